The molecule has 0 radical (unpaired) electrons. The van der Waals surface area contributed by atoms with Gasteiger partial charge >= 0.3 is 0 Å². The summed E-state index contributed by atoms with van der Waals surface area (Å²) in [5.41, 5.74) is -0.384. The first-order valence-corrected chi connectivity index (χ1v) is 8.58. The highest BCUT2D eigenvalue weighted by molar-refractivity contribution is 7.18. The zero-order chi connectivity index (χ0) is 15.5. The number of hydrogen-bond acceptors (Lipinski definition) is 5. The topological polar surface area (TPSA) is 47.0 Å². The van der Waals surface area contributed by atoms with E-state index in [0.717, 1.165) is 41.2 Å². The molecule has 0 saturated carbocycles. The Morgan fingerprint density at radius 3 is 2.48 bits per heavy atom. The summed E-state index contributed by atoms with van der Waals surface area (Å²) in [5.74, 6) is 1.73. The normalized spacial score (nSPS) is 12.0. The Morgan fingerprint density at radius 2 is 1.90 bits per heavy atom. The second kappa shape index (κ2) is 6.71. The summed E-state index contributed by atoms with van der Waals surface area (Å²) >= 11 is 1.71. The van der Waals surface area contributed by atoms with Crippen molar-refractivity contribution in [2.75, 3.05) is 18.5 Å². The molecule has 0 fully saturated rings. The quantitative estimate of drug-likeness (QED) is 0.819. The molecule has 0 aliphatic heterocycles. The molecule has 5 heteroatoms. The lowest BCUT2D eigenvalue weighted by molar-refractivity contribution is -0.0568. The van der Waals surface area contributed by atoms with Gasteiger partial charge in [0.15, 0.2) is 5.82 Å². The van der Waals surface area contributed by atoms with E-state index in [1.807, 2.05) is 6.92 Å². The molecule has 0 amide bonds. The highest BCUT2D eigenvalue weighted by atomic mass is 32.1. The minimum Gasteiger partial charge on any atom is -0.370 e. The number of hydrogen-bond donors (Lipinski definition) is 1. The first kappa shape index (κ1) is 16.2. The SMILES string of the molecule is CCNc1nc(C(CC)(CC)OCC)nc2sc(C)cc12. The summed E-state index contributed by atoms with van der Waals surface area (Å²) in [5, 5.41) is 4.48. The Hall–Kier alpha value is -1.20. The van der Waals surface area contributed by atoms with E-state index in [2.05, 4.69) is 39.1 Å². The third kappa shape index (κ3) is 3.04. The van der Waals surface area contributed by atoms with Crippen LogP contribution in [0.3, 0.4) is 0 Å². The predicted octanol–water partition coefficient (Wildman–Crippen LogP) is 4.48. The van der Waals surface area contributed by atoms with Crippen molar-refractivity contribution in [3.63, 3.8) is 0 Å². The number of anilines is 1. The van der Waals surface area contributed by atoms with Gasteiger partial charge in [-0.1, -0.05) is 13.8 Å². The van der Waals surface area contributed by atoms with E-state index >= 15 is 0 Å². The van der Waals surface area contributed by atoms with Crippen LogP contribution >= 0.6 is 11.3 Å². The van der Waals surface area contributed by atoms with Crippen LogP contribution in [0.5, 0.6) is 0 Å². The van der Waals surface area contributed by atoms with E-state index in [-0.39, 0.29) is 5.60 Å². The summed E-state index contributed by atoms with van der Waals surface area (Å²) < 4.78 is 6.05. The Labute approximate surface area is 131 Å². The molecule has 2 rings (SSSR count). The molecule has 2 aromatic rings. The molecule has 0 unspecified atom stereocenters. The lowest BCUT2D eigenvalue weighted by atomic mass is 9.96. The molecule has 0 bridgehead atoms. The van der Waals surface area contributed by atoms with Gasteiger partial charge in [-0.25, -0.2) is 9.97 Å². The molecular formula is C16H25N3OS. The maximum atomic E-state index is 6.05. The van der Waals surface area contributed by atoms with Crippen LogP contribution in [0, 0.1) is 6.92 Å². The second-order valence-corrected chi connectivity index (χ2v) is 6.37. The average Bonchev–Trinajstić information content (AvgIpc) is 2.85. The molecule has 0 aromatic carbocycles. The standard InChI is InChI=1S/C16H25N3OS/c1-6-16(7-2,20-9-4)15-18-13(17-8-3)12-10-11(5)21-14(12)19-15/h10H,6-9H2,1-5H3,(H,17,18,19). The van der Waals surface area contributed by atoms with Gasteiger partial charge in [-0.05, 0) is 39.7 Å². The van der Waals surface area contributed by atoms with Crippen LogP contribution in [0.2, 0.25) is 0 Å². The lowest BCUT2D eigenvalue weighted by Gasteiger charge is -2.30. The zero-order valence-corrected chi connectivity index (χ0v) is 14.4. The first-order valence-electron chi connectivity index (χ1n) is 7.76. The molecule has 2 heterocycles. The maximum Gasteiger partial charge on any atom is 0.164 e. The van der Waals surface area contributed by atoms with Gasteiger partial charge in [0.05, 0.1) is 5.39 Å². The van der Waals surface area contributed by atoms with E-state index in [9.17, 15) is 0 Å². The lowest BCUT2D eigenvalue weighted by Crippen LogP contribution is -2.31. The van der Waals surface area contributed by atoms with Gasteiger partial charge in [0.1, 0.15) is 16.2 Å². The molecule has 0 aliphatic carbocycles. The summed E-state index contributed by atoms with van der Waals surface area (Å²) in [7, 11) is 0. The Balaban J connectivity index is 2.62. The molecule has 0 aliphatic rings. The van der Waals surface area contributed by atoms with Crippen LogP contribution < -0.4 is 5.32 Å². The van der Waals surface area contributed by atoms with Gasteiger partial charge in [-0.15, -0.1) is 11.3 Å². The van der Waals surface area contributed by atoms with Crippen LogP contribution in [0.15, 0.2) is 6.07 Å². The van der Waals surface area contributed by atoms with Crippen molar-refractivity contribution < 1.29 is 4.74 Å². The Kier molecular flexibility index (Phi) is 5.17. The molecule has 0 atom stereocenters. The van der Waals surface area contributed by atoms with Crippen molar-refractivity contribution >= 4 is 27.4 Å². The zero-order valence-electron chi connectivity index (χ0n) is 13.6. The summed E-state index contributed by atoms with van der Waals surface area (Å²) in [6.45, 7) is 12.0. The molecule has 1 N–H and O–H groups in total. The van der Waals surface area contributed by atoms with Crippen LogP contribution in [-0.4, -0.2) is 23.1 Å². The van der Waals surface area contributed by atoms with Gasteiger partial charge in [-0.2, -0.15) is 0 Å². The number of thiophene rings is 1. The Morgan fingerprint density at radius 1 is 1.19 bits per heavy atom. The predicted molar refractivity (Wildman–Crippen MR) is 90.2 cm³/mol. The van der Waals surface area contributed by atoms with E-state index in [4.69, 9.17) is 14.7 Å². The minimum absolute atomic E-state index is 0.384. The molecule has 0 saturated heterocycles. The summed E-state index contributed by atoms with van der Waals surface area (Å²) in [6.07, 6.45) is 1.75. The first-order chi connectivity index (χ1) is 10.1. The number of nitrogens with zero attached hydrogens (tertiary/aromatic N) is 2. The molecular weight excluding hydrogens is 282 g/mol. The monoisotopic (exact) mass is 307 g/mol. The van der Waals surface area contributed by atoms with E-state index in [1.54, 1.807) is 11.3 Å². The number of ether oxygens (including phenoxy) is 1. The highest BCUT2D eigenvalue weighted by Gasteiger charge is 2.33. The van der Waals surface area contributed by atoms with Crippen molar-refractivity contribution in [2.24, 2.45) is 0 Å². The number of fused-ring (bicyclic) bond motifs is 1. The fraction of sp³-hybridized carbons (Fsp3) is 0.625. The third-order valence-corrected chi connectivity index (χ3v) is 4.77. The van der Waals surface area contributed by atoms with Crippen LogP contribution in [0.4, 0.5) is 5.82 Å². The number of nitrogens with one attached hydrogen (secondary N) is 1. The summed E-state index contributed by atoms with van der Waals surface area (Å²) in [4.78, 5) is 11.9. The van der Waals surface area contributed by atoms with Crippen LogP contribution in [-0.2, 0) is 10.3 Å². The van der Waals surface area contributed by atoms with Crippen molar-refractivity contribution in [3.05, 3.63) is 16.8 Å². The maximum absolute atomic E-state index is 6.05. The van der Waals surface area contributed by atoms with E-state index in [0.29, 0.717) is 6.61 Å². The van der Waals surface area contributed by atoms with Gasteiger partial charge in [-0.3, -0.25) is 0 Å². The van der Waals surface area contributed by atoms with E-state index in [1.165, 1.54) is 4.88 Å². The van der Waals surface area contributed by atoms with Crippen molar-refractivity contribution in [1.29, 1.82) is 0 Å². The van der Waals surface area contributed by atoms with Crippen molar-refractivity contribution in [3.8, 4) is 0 Å². The van der Waals surface area contributed by atoms with Crippen LogP contribution in [0.1, 0.15) is 51.2 Å². The number of aromatic nitrogens is 2. The highest BCUT2D eigenvalue weighted by Crippen LogP contribution is 2.35. The van der Waals surface area contributed by atoms with Gasteiger partial charge in [0, 0.05) is 18.0 Å². The van der Waals surface area contributed by atoms with Gasteiger partial charge < -0.3 is 10.1 Å². The number of aryl methyl sites for hydroxylation is 1. The van der Waals surface area contributed by atoms with Gasteiger partial charge in [0.25, 0.3) is 0 Å². The third-order valence-electron chi connectivity index (χ3n) is 3.83. The minimum atomic E-state index is -0.384. The van der Waals surface area contributed by atoms with Crippen molar-refractivity contribution in [1.82, 2.24) is 9.97 Å². The molecule has 0 spiro atoms. The summed E-state index contributed by atoms with van der Waals surface area (Å²) in [6, 6.07) is 2.15. The van der Waals surface area contributed by atoms with Gasteiger partial charge in [0.2, 0.25) is 0 Å². The molecule has 4 nitrogen and oxygen atoms in total. The molecule has 2 aromatic heterocycles. The number of rotatable bonds is 7. The fourth-order valence-electron chi connectivity index (χ4n) is 2.66. The van der Waals surface area contributed by atoms with Crippen molar-refractivity contribution in [2.45, 2.75) is 53.1 Å². The Bertz CT molecular complexity index is 605. The van der Waals surface area contributed by atoms with E-state index < -0.39 is 0 Å². The second-order valence-electron chi connectivity index (χ2n) is 5.14. The fourth-order valence-corrected chi connectivity index (χ4v) is 3.54. The molecule has 21 heavy (non-hydrogen) atoms. The largest absolute Gasteiger partial charge is 0.370 e. The average molecular weight is 307 g/mol. The smallest absolute Gasteiger partial charge is 0.164 e. The van der Waals surface area contributed by atoms with Crippen LogP contribution in [0.25, 0.3) is 10.2 Å². The molecule has 116 valence electrons.